The van der Waals surface area contributed by atoms with Crippen LogP contribution in [-0.4, -0.2) is 55.5 Å². The summed E-state index contributed by atoms with van der Waals surface area (Å²) in [6.45, 7) is 3.83. The molecule has 1 aliphatic heterocycles. The van der Waals surface area contributed by atoms with Gasteiger partial charge in [-0.25, -0.2) is 0 Å². The third kappa shape index (κ3) is 5.51. The lowest BCUT2D eigenvalue weighted by Gasteiger charge is -2.26. The van der Waals surface area contributed by atoms with Crippen LogP contribution < -0.4 is 0 Å². The zero-order valence-corrected chi connectivity index (χ0v) is 11.7. The molecule has 1 unspecified atom stereocenters. The van der Waals surface area contributed by atoms with E-state index in [9.17, 15) is 0 Å². The number of hydrogen-bond acceptors (Lipinski definition) is 2. The van der Waals surface area contributed by atoms with Crippen LogP contribution in [0.5, 0.6) is 0 Å². The van der Waals surface area contributed by atoms with Gasteiger partial charge in [-0.3, -0.25) is 4.90 Å². The van der Waals surface area contributed by atoms with Gasteiger partial charge < -0.3 is 4.90 Å². The van der Waals surface area contributed by atoms with E-state index in [1.165, 1.54) is 58.2 Å². The highest BCUT2D eigenvalue weighted by Crippen LogP contribution is 2.18. The van der Waals surface area contributed by atoms with Crippen molar-refractivity contribution in [3.8, 4) is 0 Å². The molecule has 3 heteroatoms. The van der Waals surface area contributed by atoms with E-state index < -0.39 is 0 Å². The first-order valence-corrected chi connectivity index (χ1v) is 7.22. The summed E-state index contributed by atoms with van der Waals surface area (Å²) in [5.41, 5.74) is 0. The Bertz CT molecular complexity index is 173. The number of nitrogens with zero attached hydrogens (tertiary/aromatic N) is 2. The van der Waals surface area contributed by atoms with Gasteiger partial charge in [-0.2, -0.15) is 0 Å². The number of rotatable bonds is 8. The molecule has 0 radical (unpaired) electrons. The lowest BCUT2D eigenvalue weighted by atomic mass is 10.2. The molecule has 0 aliphatic carbocycles. The Morgan fingerprint density at radius 3 is 2.62 bits per heavy atom. The first kappa shape index (κ1) is 14.3. The minimum Gasteiger partial charge on any atom is -0.308 e. The van der Waals surface area contributed by atoms with Crippen LogP contribution in [0, 0.1) is 0 Å². The maximum absolute atomic E-state index is 5.67. The molecular formula is C13H27ClN2. The van der Waals surface area contributed by atoms with E-state index in [0.717, 1.165) is 11.9 Å². The third-order valence-electron chi connectivity index (χ3n) is 3.40. The van der Waals surface area contributed by atoms with Crippen molar-refractivity contribution in [2.45, 2.75) is 44.6 Å². The number of unbranched alkanes of at least 4 members (excludes halogenated alkanes) is 3. The van der Waals surface area contributed by atoms with Crippen molar-refractivity contribution in [1.82, 2.24) is 9.80 Å². The smallest absolute Gasteiger partial charge is 0.0223 e. The minimum absolute atomic E-state index is 0.808. The van der Waals surface area contributed by atoms with Crippen LogP contribution in [0.3, 0.4) is 0 Å². The largest absolute Gasteiger partial charge is 0.308 e. The van der Waals surface area contributed by atoms with Gasteiger partial charge in [0.25, 0.3) is 0 Å². The van der Waals surface area contributed by atoms with Crippen LogP contribution in [0.2, 0.25) is 0 Å². The van der Waals surface area contributed by atoms with Gasteiger partial charge in [-0.15, -0.1) is 11.6 Å². The fourth-order valence-electron chi connectivity index (χ4n) is 2.58. The molecule has 1 saturated heterocycles. The molecule has 0 bridgehead atoms. The van der Waals surface area contributed by atoms with Crippen molar-refractivity contribution in [2.24, 2.45) is 0 Å². The first-order valence-electron chi connectivity index (χ1n) is 6.69. The summed E-state index contributed by atoms with van der Waals surface area (Å²) in [6.07, 6.45) is 7.96. The van der Waals surface area contributed by atoms with Crippen LogP contribution >= 0.6 is 11.6 Å². The zero-order chi connectivity index (χ0) is 11.8. The summed E-state index contributed by atoms with van der Waals surface area (Å²) < 4.78 is 0. The quantitative estimate of drug-likeness (QED) is 0.480. The van der Waals surface area contributed by atoms with Crippen LogP contribution in [0.15, 0.2) is 0 Å². The van der Waals surface area contributed by atoms with Crippen LogP contribution in [0.25, 0.3) is 0 Å². The van der Waals surface area contributed by atoms with Crippen LogP contribution in [0.4, 0.5) is 0 Å². The van der Waals surface area contributed by atoms with E-state index in [2.05, 4.69) is 23.9 Å². The molecule has 0 amide bonds. The Morgan fingerprint density at radius 1 is 1.19 bits per heavy atom. The molecule has 1 fully saturated rings. The Kier molecular flexibility index (Phi) is 7.42. The number of halogens is 1. The van der Waals surface area contributed by atoms with E-state index in [0.29, 0.717) is 0 Å². The molecule has 1 rings (SSSR count). The van der Waals surface area contributed by atoms with Crippen molar-refractivity contribution in [3.63, 3.8) is 0 Å². The second-order valence-electron chi connectivity index (χ2n) is 5.20. The Labute approximate surface area is 106 Å². The Morgan fingerprint density at radius 2 is 1.94 bits per heavy atom. The predicted octanol–water partition coefficient (Wildman–Crippen LogP) is 2.81. The van der Waals surface area contributed by atoms with Crippen molar-refractivity contribution in [2.75, 3.05) is 39.6 Å². The second kappa shape index (κ2) is 8.32. The molecule has 16 heavy (non-hydrogen) atoms. The van der Waals surface area contributed by atoms with Gasteiger partial charge in [0, 0.05) is 18.5 Å². The fourth-order valence-corrected chi connectivity index (χ4v) is 2.77. The van der Waals surface area contributed by atoms with Crippen molar-refractivity contribution < 1.29 is 0 Å². The average molecular weight is 247 g/mol. The highest BCUT2D eigenvalue weighted by molar-refractivity contribution is 6.17. The molecule has 2 nitrogen and oxygen atoms in total. The van der Waals surface area contributed by atoms with Gasteiger partial charge in [0.15, 0.2) is 0 Å². The topological polar surface area (TPSA) is 6.48 Å². The molecule has 1 atom stereocenters. The highest BCUT2D eigenvalue weighted by atomic mass is 35.5. The third-order valence-corrected chi connectivity index (χ3v) is 3.67. The van der Waals surface area contributed by atoms with Crippen molar-refractivity contribution in [3.05, 3.63) is 0 Å². The summed E-state index contributed by atoms with van der Waals surface area (Å²) in [5, 5.41) is 0. The maximum Gasteiger partial charge on any atom is 0.0223 e. The van der Waals surface area contributed by atoms with Crippen molar-refractivity contribution in [1.29, 1.82) is 0 Å². The summed E-state index contributed by atoms with van der Waals surface area (Å²) in [7, 11) is 4.36. The SMILES string of the molecule is CN(C)CC1CCCN1CCCCCCCl. The highest BCUT2D eigenvalue weighted by Gasteiger charge is 2.23. The molecular weight excluding hydrogens is 220 g/mol. The van der Waals surface area contributed by atoms with Crippen LogP contribution in [-0.2, 0) is 0 Å². The lowest BCUT2D eigenvalue weighted by Crippen LogP contribution is -2.38. The van der Waals surface area contributed by atoms with E-state index in [1.807, 2.05) is 0 Å². The Balaban J connectivity index is 2.10. The number of hydrogen-bond donors (Lipinski definition) is 0. The standard InChI is InChI=1S/C13H27ClN2/c1-15(2)12-13-8-7-11-16(13)10-6-4-3-5-9-14/h13H,3-12H2,1-2H3. The number of alkyl halides is 1. The van der Waals surface area contributed by atoms with E-state index in [-0.39, 0.29) is 0 Å². The van der Waals surface area contributed by atoms with Gasteiger partial charge in [-0.05, 0) is 52.9 Å². The number of likely N-dealkylation sites (N-methyl/N-ethyl adjacent to an activating group) is 1. The fraction of sp³-hybridized carbons (Fsp3) is 1.00. The summed E-state index contributed by atoms with van der Waals surface area (Å²) in [4.78, 5) is 5.00. The lowest BCUT2D eigenvalue weighted by molar-refractivity contribution is 0.204. The van der Waals surface area contributed by atoms with E-state index in [1.54, 1.807) is 0 Å². The van der Waals surface area contributed by atoms with Gasteiger partial charge in [0.2, 0.25) is 0 Å². The van der Waals surface area contributed by atoms with Gasteiger partial charge in [0.1, 0.15) is 0 Å². The molecule has 0 aromatic carbocycles. The summed E-state index contributed by atoms with van der Waals surface area (Å²) in [6, 6.07) is 0.808. The zero-order valence-electron chi connectivity index (χ0n) is 10.9. The van der Waals surface area contributed by atoms with Gasteiger partial charge in [-0.1, -0.05) is 12.8 Å². The van der Waals surface area contributed by atoms with Gasteiger partial charge in [0.05, 0.1) is 0 Å². The predicted molar refractivity (Wildman–Crippen MR) is 72.3 cm³/mol. The molecule has 0 aromatic rings. The Hall–Kier alpha value is 0.210. The second-order valence-corrected chi connectivity index (χ2v) is 5.58. The van der Waals surface area contributed by atoms with E-state index >= 15 is 0 Å². The van der Waals surface area contributed by atoms with Crippen LogP contribution in [0.1, 0.15) is 38.5 Å². The normalized spacial score (nSPS) is 22.1. The molecule has 96 valence electrons. The number of likely N-dealkylation sites (tertiary alicyclic amines) is 1. The molecule has 1 heterocycles. The van der Waals surface area contributed by atoms with Crippen molar-refractivity contribution >= 4 is 11.6 Å². The van der Waals surface area contributed by atoms with Gasteiger partial charge >= 0.3 is 0 Å². The first-order chi connectivity index (χ1) is 7.74. The minimum atomic E-state index is 0.808. The molecule has 0 aromatic heterocycles. The monoisotopic (exact) mass is 246 g/mol. The maximum atomic E-state index is 5.67. The molecule has 0 saturated carbocycles. The van der Waals surface area contributed by atoms with E-state index in [4.69, 9.17) is 11.6 Å². The molecule has 1 aliphatic rings. The average Bonchev–Trinajstić information content (AvgIpc) is 2.64. The summed E-state index contributed by atoms with van der Waals surface area (Å²) in [5.74, 6) is 0.826. The summed E-state index contributed by atoms with van der Waals surface area (Å²) >= 11 is 5.67. The molecule has 0 N–H and O–H groups in total. The molecule has 0 spiro atoms.